The van der Waals surface area contributed by atoms with Crippen molar-refractivity contribution >= 4 is 46.0 Å². The number of hydrogen-bond donors (Lipinski definition) is 2. The van der Waals surface area contributed by atoms with Crippen LogP contribution in [0.3, 0.4) is 0 Å². The lowest BCUT2D eigenvalue weighted by atomic mass is 10.0. The number of thioether (sulfide) groups is 1. The van der Waals surface area contributed by atoms with Crippen molar-refractivity contribution in [2.45, 2.75) is 36.9 Å². The number of hydrogen-bond acceptors (Lipinski definition) is 8. The fourth-order valence-corrected chi connectivity index (χ4v) is 4.76. The highest BCUT2D eigenvalue weighted by molar-refractivity contribution is 8.00. The van der Waals surface area contributed by atoms with E-state index in [4.69, 9.17) is 4.74 Å². The Morgan fingerprint density at radius 1 is 1.06 bits per heavy atom. The summed E-state index contributed by atoms with van der Waals surface area (Å²) >= 11 is 2.73. The van der Waals surface area contributed by atoms with E-state index in [1.807, 2.05) is 45.0 Å². The molecule has 0 bridgehead atoms. The summed E-state index contributed by atoms with van der Waals surface area (Å²) in [4.78, 5) is 37.0. The Morgan fingerprint density at radius 3 is 2.44 bits per heavy atom. The standard InChI is InChI=1S/C24H26N4O4S2/c1-14(2)19(25-20(29)18-7-5-6-15(3)12-18)21(30)26-23-27-28-24(34-23)33-13-16-8-10-17(11-9-16)22(31)32-4/h5-12,14,19H,13H2,1-4H3,(H,25,29)(H,26,27,30)/t19-/m1/s1. The van der Waals surface area contributed by atoms with Crippen LogP contribution in [0, 0.1) is 12.8 Å². The summed E-state index contributed by atoms with van der Waals surface area (Å²) < 4.78 is 5.39. The van der Waals surface area contributed by atoms with E-state index >= 15 is 0 Å². The van der Waals surface area contributed by atoms with E-state index in [2.05, 4.69) is 20.8 Å². The van der Waals surface area contributed by atoms with Gasteiger partial charge in [0.15, 0.2) is 4.34 Å². The van der Waals surface area contributed by atoms with Crippen molar-refractivity contribution < 1.29 is 19.1 Å². The van der Waals surface area contributed by atoms with Crippen molar-refractivity contribution in [1.82, 2.24) is 15.5 Å². The van der Waals surface area contributed by atoms with Gasteiger partial charge in [-0.25, -0.2) is 4.79 Å². The number of nitrogens with one attached hydrogen (secondary N) is 2. The van der Waals surface area contributed by atoms with E-state index in [9.17, 15) is 14.4 Å². The predicted molar refractivity (Wildman–Crippen MR) is 133 cm³/mol. The van der Waals surface area contributed by atoms with Crippen LogP contribution in [0.5, 0.6) is 0 Å². The van der Waals surface area contributed by atoms with Gasteiger partial charge in [-0.15, -0.1) is 10.2 Å². The smallest absolute Gasteiger partial charge is 0.337 e. The quantitative estimate of drug-likeness (QED) is 0.257. The lowest BCUT2D eigenvalue weighted by Gasteiger charge is -2.21. The Bertz CT molecular complexity index is 1160. The van der Waals surface area contributed by atoms with E-state index in [0.717, 1.165) is 11.1 Å². The summed E-state index contributed by atoms with van der Waals surface area (Å²) in [5.41, 5.74) is 2.98. The zero-order valence-corrected chi connectivity index (χ0v) is 21.0. The highest BCUT2D eigenvalue weighted by Gasteiger charge is 2.26. The van der Waals surface area contributed by atoms with Crippen LogP contribution in [0.15, 0.2) is 52.9 Å². The van der Waals surface area contributed by atoms with Gasteiger partial charge in [0.05, 0.1) is 12.7 Å². The Balaban J connectivity index is 1.57. The molecule has 0 aliphatic heterocycles. The third kappa shape index (κ3) is 6.88. The van der Waals surface area contributed by atoms with E-state index in [0.29, 0.717) is 26.4 Å². The number of rotatable bonds is 9. The normalized spacial score (nSPS) is 11.7. The average molecular weight is 499 g/mol. The molecule has 34 heavy (non-hydrogen) atoms. The number of ether oxygens (including phenoxy) is 1. The lowest BCUT2D eigenvalue weighted by molar-refractivity contribution is -0.118. The maximum Gasteiger partial charge on any atom is 0.337 e. The fraction of sp³-hybridized carbons (Fsp3) is 0.292. The second-order valence-corrected chi connectivity index (χ2v) is 10.1. The Morgan fingerprint density at radius 2 is 1.79 bits per heavy atom. The molecule has 0 aliphatic rings. The summed E-state index contributed by atoms with van der Waals surface area (Å²) in [6, 6.07) is 13.6. The van der Waals surface area contributed by atoms with Crippen LogP contribution < -0.4 is 10.6 Å². The van der Waals surface area contributed by atoms with Gasteiger partial charge >= 0.3 is 5.97 Å². The Labute approximate surface area is 206 Å². The molecule has 0 radical (unpaired) electrons. The molecular formula is C24H26N4O4S2. The van der Waals surface area contributed by atoms with E-state index in [-0.39, 0.29) is 23.7 Å². The van der Waals surface area contributed by atoms with Crippen molar-refractivity contribution in [1.29, 1.82) is 0 Å². The topological polar surface area (TPSA) is 110 Å². The summed E-state index contributed by atoms with van der Waals surface area (Å²) in [5, 5.41) is 14.1. The minimum atomic E-state index is -0.721. The van der Waals surface area contributed by atoms with Crippen LogP contribution in [0.2, 0.25) is 0 Å². The molecule has 0 unspecified atom stereocenters. The number of aromatic nitrogens is 2. The zero-order chi connectivity index (χ0) is 24.7. The number of anilines is 1. The van der Waals surface area contributed by atoms with E-state index < -0.39 is 6.04 Å². The third-order valence-electron chi connectivity index (χ3n) is 4.89. The monoisotopic (exact) mass is 498 g/mol. The summed E-state index contributed by atoms with van der Waals surface area (Å²) in [7, 11) is 1.35. The number of benzene rings is 2. The van der Waals surface area contributed by atoms with Gasteiger partial charge in [0.2, 0.25) is 11.0 Å². The van der Waals surface area contributed by atoms with Gasteiger partial charge < -0.3 is 10.1 Å². The van der Waals surface area contributed by atoms with Gasteiger partial charge in [-0.3, -0.25) is 14.9 Å². The molecule has 0 aliphatic carbocycles. The molecule has 2 aromatic carbocycles. The number of esters is 1. The largest absolute Gasteiger partial charge is 0.465 e. The van der Waals surface area contributed by atoms with E-state index in [1.54, 1.807) is 24.3 Å². The molecule has 1 aromatic heterocycles. The van der Waals surface area contributed by atoms with Crippen molar-refractivity contribution in [3.63, 3.8) is 0 Å². The van der Waals surface area contributed by atoms with Crippen LogP contribution in [0.4, 0.5) is 5.13 Å². The van der Waals surface area contributed by atoms with Crippen molar-refractivity contribution in [3.8, 4) is 0 Å². The zero-order valence-electron chi connectivity index (χ0n) is 19.3. The fourth-order valence-electron chi connectivity index (χ4n) is 3.05. The van der Waals surface area contributed by atoms with Crippen molar-refractivity contribution in [3.05, 3.63) is 70.8 Å². The number of carbonyl (C=O) groups is 3. The molecule has 0 saturated carbocycles. The van der Waals surface area contributed by atoms with Crippen LogP contribution >= 0.6 is 23.1 Å². The first-order chi connectivity index (χ1) is 16.3. The second-order valence-electron chi connectivity index (χ2n) is 7.90. The first-order valence-electron chi connectivity index (χ1n) is 10.6. The summed E-state index contributed by atoms with van der Waals surface area (Å²) in [6.07, 6.45) is 0. The molecule has 8 nitrogen and oxygen atoms in total. The maximum atomic E-state index is 12.9. The van der Waals surface area contributed by atoms with Crippen LogP contribution in [0.25, 0.3) is 0 Å². The lowest BCUT2D eigenvalue weighted by Crippen LogP contribution is -2.47. The van der Waals surface area contributed by atoms with Crippen LogP contribution in [-0.4, -0.2) is 41.1 Å². The molecule has 2 amide bonds. The highest BCUT2D eigenvalue weighted by Crippen LogP contribution is 2.28. The number of aryl methyl sites for hydroxylation is 1. The molecule has 3 aromatic rings. The van der Waals surface area contributed by atoms with Gasteiger partial charge in [0.25, 0.3) is 5.91 Å². The summed E-state index contributed by atoms with van der Waals surface area (Å²) in [6.45, 7) is 5.65. The van der Waals surface area contributed by atoms with Gasteiger partial charge in [0, 0.05) is 11.3 Å². The Kier molecular flexibility index (Phi) is 8.78. The first-order valence-corrected chi connectivity index (χ1v) is 12.4. The minimum absolute atomic E-state index is 0.122. The third-order valence-corrected chi connectivity index (χ3v) is 6.93. The van der Waals surface area contributed by atoms with Crippen LogP contribution in [0.1, 0.15) is 45.7 Å². The summed E-state index contributed by atoms with van der Waals surface area (Å²) in [5.74, 6) is -0.515. The van der Waals surface area contributed by atoms with Crippen molar-refractivity contribution in [2.24, 2.45) is 5.92 Å². The molecule has 3 rings (SSSR count). The molecule has 2 N–H and O–H groups in total. The molecule has 1 atom stereocenters. The van der Waals surface area contributed by atoms with Gasteiger partial charge in [0.1, 0.15) is 6.04 Å². The molecule has 10 heteroatoms. The van der Waals surface area contributed by atoms with Crippen molar-refractivity contribution in [2.75, 3.05) is 12.4 Å². The predicted octanol–water partition coefficient (Wildman–Crippen LogP) is 4.32. The van der Waals surface area contributed by atoms with Gasteiger partial charge in [-0.05, 0) is 42.7 Å². The number of methoxy groups -OCH3 is 1. The van der Waals surface area contributed by atoms with Gasteiger partial charge in [-0.1, -0.05) is 66.8 Å². The molecule has 178 valence electrons. The van der Waals surface area contributed by atoms with Gasteiger partial charge in [-0.2, -0.15) is 0 Å². The molecule has 1 heterocycles. The highest BCUT2D eigenvalue weighted by atomic mass is 32.2. The second kappa shape index (κ2) is 11.8. The number of nitrogens with zero attached hydrogens (tertiary/aromatic N) is 2. The molecular weight excluding hydrogens is 472 g/mol. The van der Waals surface area contributed by atoms with Crippen LogP contribution in [-0.2, 0) is 15.3 Å². The van der Waals surface area contributed by atoms with E-state index in [1.165, 1.54) is 30.2 Å². The first kappa shape index (κ1) is 25.4. The molecule has 0 spiro atoms. The minimum Gasteiger partial charge on any atom is -0.465 e. The number of amides is 2. The average Bonchev–Trinajstić information content (AvgIpc) is 3.27. The SMILES string of the molecule is COC(=O)c1ccc(CSc2nnc(NC(=O)[C@H](NC(=O)c3cccc(C)c3)C(C)C)s2)cc1. The Hall–Kier alpha value is -3.24. The molecule has 0 saturated heterocycles. The number of carbonyl (C=O) groups excluding carboxylic acids is 3. The molecule has 0 fully saturated rings. The maximum absolute atomic E-state index is 12.9.